The average molecular weight is 348 g/mol. The molecule has 1 saturated heterocycles. The summed E-state index contributed by atoms with van der Waals surface area (Å²) in [5.74, 6) is -0.847. The van der Waals surface area contributed by atoms with Crippen molar-refractivity contribution >= 4 is 6.03 Å². The Morgan fingerprint density at radius 2 is 2.00 bits per heavy atom. The molecule has 1 unspecified atom stereocenters. The molecule has 0 aromatic heterocycles. The minimum atomic E-state index is -4.68. The average Bonchev–Trinajstić information content (AvgIpc) is 2.52. The molecule has 0 spiro atoms. The van der Waals surface area contributed by atoms with Crippen molar-refractivity contribution in [2.45, 2.75) is 38.6 Å². The summed E-state index contributed by atoms with van der Waals surface area (Å²) in [6.45, 7) is 2.26. The summed E-state index contributed by atoms with van der Waals surface area (Å²) < 4.78 is 51.8. The minimum Gasteiger partial charge on any atom is -0.393 e. The van der Waals surface area contributed by atoms with Gasteiger partial charge >= 0.3 is 12.2 Å². The van der Waals surface area contributed by atoms with Gasteiger partial charge < -0.3 is 15.3 Å². The summed E-state index contributed by atoms with van der Waals surface area (Å²) in [6, 6.07) is 1.93. The van der Waals surface area contributed by atoms with Crippen molar-refractivity contribution in [3.8, 4) is 0 Å². The molecule has 24 heavy (non-hydrogen) atoms. The Labute approximate surface area is 137 Å². The first kappa shape index (κ1) is 18.5. The number of rotatable bonds is 3. The highest BCUT2D eigenvalue weighted by Gasteiger charge is 2.34. The zero-order chi connectivity index (χ0) is 17.9. The van der Waals surface area contributed by atoms with E-state index >= 15 is 0 Å². The molecule has 2 amide bonds. The van der Waals surface area contributed by atoms with E-state index in [1.54, 1.807) is 6.92 Å². The quantitative estimate of drug-likeness (QED) is 0.825. The topological polar surface area (TPSA) is 52.6 Å². The van der Waals surface area contributed by atoms with Gasteiger partial charge in [-0.3, -0.25) is 0 Å². The number of piperidine rings is 1. The Morgan fingerprint density at radius 1 is 1.38 bits per heavy atom. The predicted molar refractivity (Wildman–Crippen MR) is 79.6 cm³/mol. The highest BCUT2D eigenvalue weighted by molar-refractivity contribution is 5.74. The van der Waals surface area contributed by atoms with E-state index in [0.717, 1.165) is 12.1 Å². The van der Waals surface area contributed by atoms with Gasteiger partial charge in [0.25, 0.3) is 0 Å². The highest BCUT2D eigenvalue weighted by Crippen LogP contribution is 2.32. The lowest BCUT2D eigenvalue weighted by Gasteiger charge is -2.33. The summed E-state index contributed by atoms with van der Waals surface area (Å²) in [4.78, 5) is 13.6. The summed E-state index contributed by atoms with van der Waals surface area (Å²) in [5, 5.41) is 12.0. The van der Waals surface area contributed by atoms with E-state index in [-0.39, 0.29) is 18.0 Å². The Kier molecular flexibility index (Phi) is 5.69. The lowest BCUT2D eigenvalue weighted by Crippen LogP contribution is -2.45. The summed E-state index contributed by atoms with van der Waals surface area (Å²) in [7, 11) is 0. The number of aliphatic hydroxyl groups is 1. The van der Waals surface area contributed by atoms with Crippen molar-refractivity contribution < 1.29 is 27.5 Å². The minimum absolute atomic E-state index is 0.128. The van der Waals surface area contributed by atoms with Crippen molar-refractivity contribution in [3.63, 3.8) is 0 Å². The Balaban J connectivity index is 1.96. The third-order valence-corrected chi connectivity index (χ3v) is 4.32. The normalized spacial score (nSPS) is 17.7. The molecule has 2 N–H and O–H groups in total. The van der Waals surface area contributed by atoms with E-state index in [1.807, 2.05) is 0 Å². The van der Waals surface area contributed by atoms with Gasteiger partial charge in [-0.1, -0.05) is 6.07 Å². The number of amides is 2. The van der Waals surface area contributed by atoms with Crippen LogP contribution in [0.25, 0.3) is 0 Å². The van der Waals surface area contributed by atoms with Crippen molar-refractivity contribution in [1.82, 2.24) is 10.2 Å². The third-order valence-electron chi connectivity index (χ3n) is 4.32. The Morgan fingerprint density at radius 3 is 2.54 bits per heavy atom. The van der Waals surface area contributed by atoms with Gasteiger partial charge in [-0.25, -0.2) is 9.18 Å². The van der Waals surface area contributed by atoms with Crippen LogP contribution in [-0.2, 0) is 12.7 Å². The number of carbonyl (C=O) groups excluding carboxylic acids is 1. The van der Waals surface area contributed by atoms with Crippen molar-refractivity contribution in [2.24, 2.45) is 5.92 Å². The van der Waals surface area contributed by atoms with Crippen LogP contribution >= 0.6 is 0 Å². The van der Waals surface area contributed by atoms with Crippen molar-refractivity contribution in [1.29, 1.82) is 0 Å². The molecule has 1 heterocycles. The van der Waals surface area contributed by atoms with E-state index in [4.69, 9.17) is 0 Å². The first-order chi connectivity index (χ1) is 11.2. The van der Waals surface area contributed by atoms with E-state index in [0.29, 0.717) is 32.0 Å². The fourth-order valence-corrected chi connectivity index (χ4v) is 2.83. The zero-order valence-electron chi connectivity index (χ0n) is 13.2. The molecule has 0 aliphatic carbocycles. The largest absolute Gasteiger partial charge is 0.416 e. The molecule has 134 valence electrons. The number of nitrogens with zero attached hydrogens (tertiary/aromatic N) is 1. The van der Waals surface area contributed by atoms with Gasteiger partial charge in [0.15, 0.2) is 0 Å². The number of carbonyl (C=O) groups is 1. The van der Waals surface area contributed by atoms with Gasteiger partial charge in [0, 0.05) is 19.6 Å². The molecule has 1 aliphatic rings. The number of halogens is 4. The van der Waals surface area contributed by atoms with Crippen LogP contribution in [0.3, 0.4) is 0 Å². The molecule has 0 radical (unpaired) electrons. The molecule has 1 fully saturated rings. The molecule has 1 aromatic rings. The maximum atomic E-state index is 13.1. The van der Waals surface area contributed by atoms with Gasteiger partial charge in [0.2, 0.25) is 0 Å². The maximum absolute atomic E-state index is 13.1. The molecule has 2 rings (SSSR count). The molecule has 1 aliphatic heterocycles. The fraction of sp³-hybridized carbons (Fsp3) is 0.562. The summed E-state index contributed by atoms with van der Waals surface area (Å²) in [6.07, 6.45) is -3.83. The molecule has 1 atom stereocenters. The van der Waals surface area contributed by atoms with Crippen LogP contribution in [0.5, 0.6) is 0 Å². The molecule has 0 saturated carbocycles. The molecular formula is C16H20F4N2O2. The van der Waals surface area contributed by atoms with E-state index < -0.39 is 29.7 Å². The van der Waals surface area contributed by atoms with Gasteiger partial charge in [-0.15, -0.1) is 0 Å². The number of benzene rings is 1. The number of alkyl halides is 3. The van der Waals surface area contributed by atoms with Crippen molar-refractivity contribution in [3.05, 3.63) is 35.1 Å². The number of nitrogens with one attached hydrogen (secondary N) is 1. The molecule has 0 bridgehead atoms. The highest BCUT2D eigenvalue weighted by atomic mass is 19.4. The van der Waals surface area contributed by atoms with E-state index in [1.165, 1.54) is 4.90 Å². The lowest BCUT2D eigenvalue weighted by atomic mass is 9.92. The lowest BCUT2D eigenvalue weighted by molar-refractivity contribution is -0.138. The van der Waals surface area contributed by atoms with Gasteiger partial charge in [0.05, 0.1) is 11.7 Å². The van der Waals surface area contributed by atoms with E-state index in [2.05, 4.69) is 5.32 Å². The molecular weight excluding hydrogens is 328 g/mol. The van der Waals surface area contributed by atoms with Crippen LogP contribution < -0.4 is 5.32 Å². The Bertz CT molecular complexity index is 582. The first-order valence-corrected chi connectivity index (χ1v) is 7.75. The smallest absolute Gasteiger partial charge is 0.393 e. The van der Waals surface area contributed by atoms with Crippen LogP contribution in [0.15, 0.2) is 18.2 Å². The molecule has 8 heteroatoms. The standard InChI is InChI=1S/C16H20F4N2O2/c1-10(23)11-4-6-22(7-5-11)15(24)21-9-12-2-3-13(17)8-14(12)16(18,19)20/h2-3,8,10-11,23H,4-7,9H2,1H3,(H,21,24). The monoisotopic (exact) mass is 348 g/mol. The first-order valence-electron chi connectivity index (χ1n) is 7.75. The summed E-state index contributed by atoms with van der Waals surface area (Å²) >= 11 is 0. The second-order valence-electron chi connectivity index (χ2n) is 6.02. The van der Waals surface area contributed by atoms with Gasteiger partial charge in [-0.05, 0) is 43.4 Å². The van der Waals surface area contributed by atoms with Gasteiger partial charge in [-0.2, -0.15) is 13.2 Å². The van der Waals surface area contributed by atoms with Crippen LogP contribution in [0.4, 0.5) is 22.4 Å². The number of hydrogen-bond donors (Lipinski definition) is 2. The maximum Gasteiger partial charge on any atom is 0.416 e. The van der Waals surface area contributed by atoms with Crippen LogP contribution in [0, 0.1) is 11.7 Å². The second kappa shape index (κ2) is 7.38. The molecule has 1 aromatic carbocycles. The van der Waals surface area contributed by atoms with Gasteiger partial charge in [0.1, 0.15) is 5.82 Å². The van der Waals surface area contributed by atoms with Crippen LogP contribution in [0.1, 0.15) is 30.9 Å². The summed E-state index contributed by atoms with van der Waals surface area (Å²) in [5.41, 5.74) is -1.27. The third kappa shape index (κ3) is 4.59. The number of likely N-dealkylation sites (tertiary alicyclic amines) is 1. The Hall–Kier alpha value is -1.83. The van der Waals surface area contributed by atoms with E-state index in [9.17, 15) is 27.5 Å². The number of hydrogen-bond acceptors (Lipinski definition) is 2. The number of urea groups is 1. The predicted octanol–water partition coefficient (Wildman–Crippen LogP) is 3.15. The zero-order valence-corrected chi connectivity index (χ0v) is 13.2. The number of aliphatic hydroxyl groups excluding tert-OH is 1. The van der Waals surface area contributed by atoms with Crippen LogP contribution in [-0.4, -0.2) is 35.2 Å². The fourth-order valence-electron chi connectivity index (χ4n) is 2.83. The SMILES string of the molecule is CC(O)C1CCN(C(=O)NCc2ccc(F)cc2C(F)(F)F)CC1. The molecule has 4 nitrogen and oxygen atoms in total. The van der Waals surface area contributed by atoms with Crippen molar-refractivity contribution in [2.75, 3.05) is 13.1 Å². The van der Waals surface area contributed by atoms with Crippen LogP contribution in [0.2, 0.25) is 0 Å². The second-order valence-corrected chi connectivity index (χ2v) is 6.02.